The maximum absolute atomic E-state index is 5.76. The van der Waals surface area contributed by atoms with Crippen LogP contribution in [0.25, 0.3) is 0 Å². The minimum Gasteiger partial charge on any atom is -0.496 e. The number of rotatable bonds is 3. The molecule has 0 spiro atoms. The van der Waals surface area contributed by atoms with Crippen LogP contribution >= 0.6 is 0 Å². The molecule has 0 heterocycles. The van der Waals surface area contributed by atoms with Crippen molar-refractivity contribution in [1.82, 2.24) is 0 Å². The van der Waals surface area contributed by atoms with Crippen molar-refractivity contribution in [3.63, 3.8) is 0 Å². The van der Waals surface area contributed by atoms with Crippen LogP contribution in [0.4, 0.5) is 5.69 Å². The summed E-state index contributed by atoms with van der Waals surface area (Å²) in [5.74, 6) is 0.829. The molecule has 0 saturated carbocycles. The normalized spacial score (nSPS) is 9.42. The maximum Gasteiger partial charge on any atom is 0.124 e. The molecule has 12 heavy (non-hydrogen) atoms. The van der Waals surface area contributed by atoms with E-state index < -0.39 is 0 Å². The summed E-state index contributed by atoms with van der Waals surface area (Å²) < 4.78 is 5.15. The predicted octanol–water partition coefficient (Wildman–Crippen LogP) is 2.01. The Hall–Kier alpha value is -1.44. The Morgan fingerprint density at radius 3 is 2.92 bits per heavy atom. The fourth-order valence-corrected chi connectivity index (χ4v) is 1.14. The second-order valence-corrected chi connectivity index (χ2v) is 2.52. The van der Waals surface area contributed by atoms with Gasteiger partial charge in [0.2, 0.25) is 0 Å². The molecule has 2 heteroatoms. The summed E-state index contributed by atoms with van der Waals surface area (Å²) in [5.41, 5.74) is 7.52. The van der Waals surface area contributed by atoms with Crippen molar-refractivity contribution in [2.45, 2.75) is 6.42 Å². The first-order valence-corrected chi connectivity index (χ1v) is 3.82. The van der Waals surface area contributed by atoms with Gasteiger partial charge in [-0.2, -0.15) is 0 Å². The summed E-state index contributed by atoms with van der Waals surface area (Å²) in [6.45, 7) is 3.66. The van der Waals surface area contributed by atoms with Crippen LogP contribution in [0.1, 0.15) is 5.56 Å². The first-order valence-electron chi connectivity index (χ1n) is 3.82. The number of benzene rings is 1. The summed E-state index contributed by atoms with van der Waals surface area (Å²) in [4.78, 5) is 0. The highest BCUT2D eigenvalue weighted by atomic mass is 16.5. The monoisotopic (exact) mass is 163 g/mol. The van der Waals surface area contributed by atoms with E-state index in [9.17, 15) is 0 Å². The standard InChI is InChI=1S/C10H13NO/c1-3-5-8-9(11)6-4-7-10(8)12-2/h3-4,6-7H,1,5,11H2,2H3. The van der Waals surface area contributed by atoms with Gasteiger partial charge in [0.05, 0.1) is 7.11 Å². The molecule has 0 bridgehead atoms. The number of methoxy groups -OCH3 is 1. The highest BCUT2D eigenvalue weighted by Crippen LogP contribution is 2.24. The van der Waals surface area contributed by atoms with Gasteiger partial charge in [0.1, 0.15) is 5.75 Å². The van der Waals surface area contributed by atoms with Crippen molar-refractivity contribution in [1.29, 1.82) is 0 Å². The third kappa shape index (κ3) is 1.59. The van der Waals surface area contributed by atoms with E-state index in [-0.39, 0.29) is 0 Å². The lowest BCUT2D eigenvalue weighted by Gasteiger charge is -2.08. The number of hydrogen-bond acceptors (Lipinski definition) is 2. The van der Waals surface area contributed by atoms with E-state index in [2.05, 4.69) is 6.58 Å². The summed E-state index contributed by atoms with van der Waals surface area (Å²) in [6, 6.07) is 5.64. The number of nitrogen functional groups attached to an aromatic ring is 1. The van der Waals surface area contributed by atoms with Crippen LogP contribution < -0.4 is 10.5 Å². The van der Waals surface area contributed by atoms with E-state index in [1.165, 1.54) is 0 Å². The molecule has 0 aliphatic rings. The summed E-state index contributed by atoms with van der Waals surface area (Å²) >= 11 is 0. The molecule has 2 nitrogen and oxygen atoms in total. The second-order valence-electron chi connectivity index (χ2n) is 2.52. The minimum atomic E-state index is 0.746. The number of anilines is 1. The van der Waals surface area contributed by atoms with Gasteiger partial charge in [-0.05, 0) is 18.6 Å². The largest absolute Gasteiger partial charge is 0.496 e. The SMILES string of the molecule is C=CCc1c(N)cccc1OC. The molecule has 0 aliphatic carbocycles. The fourth-order valence-electron chi connectivity index (χ4n) is 1.14. The van der Waals surface area contributed by atoms with Crippen LogP contribution in [0.15, 0.2) is 30.9 Å². The van der Waals surface area contributed by atoms with Gasteiger partial charge in [-0.25, -0.2) is 0 Å². The van der Waals surface area contributed by atoms with Crippen LogP contribution in [0.2, 0.25) is 0 Å². The van der Waals surface area contributed by atoms with E-state index >= 15 is 0 Å². The van der Waals surface area contributed by atoms with Crippen molar-refractivity contribution in [3.8, 4) is 5.75 Å². The zero-order valence-electron chi connectivity index (χ0n) is 7.21. The summed E-state index contributed by atoms with van der Waals surface area (Å²) in [7, 11) is 1.64. The van der Waals surface area contributed by atoms with Crippen LogP contribution in [0.3, 0.4) is 0 Å². The number of nitrogens with two attached hydrogens (primary N) is 1. The van der Waals surface area contributed by atoms with Crippen molar-refractivity contribution >= 4 is 5.69 Å². The van der Waals surface area contributed by atoms with Gasteiger partial charge in [-0.3, -0.25) is 0 Å². The van der Waals surface area contributed by atoms with Crippen molar-refractivity contribution < 1.29 is 4.74 Å². The van der Waals surface area contributed by atoms with Crippen molar-refractivity contribution in [2.75, 3.05) is 12.8 Å². The molecule has 1 aromatic carbocycles. The van der Waals surface area contributed by atoms with E-state index in [4.69, 9.17) is 10.5 Å². The molecule has 0 fully saturated rings. The van der Waals surface area contributed by atoms with Crippen molar-refractivity contribution in [2.24, 2.45) is 0 Å². The Morgan fingerprint density at radius 2 is 2.33 bits per heavy atom. The molecule has 0 saturated heterocycles. The Balaban J connectivity index is 3.10. The highest BCUT2D eigenvalue weighted by molar-refractivity contribution is 5.54. The van der Waals surface area contributed by atoms with E-state index in [0.717, 1.165) is 23.4 Å². The van der Waals surface area contributed by atoms with Gasteiger partial charge in [0.25, 0.3) is 0 Å². The lowest BCUT2D eigenvalue weighted by molar-refractivity contribution is 0.411. The lowest BCUT2D eigenvalue weighted by atomic mass is 10.1. The molecule has 64 valence electrons. The molecule has 0 aromatic heterocycles. The molecule has 0 unspecified atom stereocenters. The average molecular weight is 163 g/mol. The Morgan fingerprint density at radius 1 is 1.58 bits per heavy atom. The Labute approximate surface area is 72.7 Å². The van der Waals surface area contributed by atoms with Crippen molar-refractivity contribution in [3.05, 3.63) is 36.4 Å². The quantitative estimate of drug-likeness (QED) is 0.546. The van der Waals surface area contributed by atoms with Crippen LogP contribution in [-0.2, 0) is 6.42 Å². The topological polar surface area (TPSA) is 35.2 Å². The van der Waals surface area contributed by atoms with Crippen LogP contribution in [0, 0.1) is 0 Å². The van der Waals surface area contributed by atoms with E-state index in [1.807, 2.05) is 24.3 Å². The van der Waals surface area contributed by atoms with Gasteiger partial charge in [-0.15, -0.1) is 6.58 Å². The number of ether oxygens (including phenoxy) is 1. The molecule has 1 rings (SSSR count). The summed E-state index contributed by atoms with van der Waals surface area (Å²) in [5, 5.41) is 0. The molecule has 0 radical (unpaired) electrons. The summed E-state index contributed by atoms with van der Waals surface area (Å²) in [6.07, 6.45) is 2.56. The van der Waals surface area contributed by atoms with Crippen LogP contribution in [0.5, 0.6) is 5.75 Å². The Kier molecular flexibility index (Phi) is 2.75. The van der Waals surface area contributed by atoms with Gasteiger partial charge in [0, 0.05) is 11.3 Å². The highest BCUT2D eigenvalue weighted by Gasteiger charge is 2.03. The molecule has 2 N–H and O–H groups in total. The average Bonchev–Trinajstić information content (AvgIpc) is 2.09. The third-order valence-corrected chi connectivity index (χ3v) is 1.74. The van der Waals surface area contributed by atoms with Gasteiger partial charge >= 0.3 is 0 Å². The molecule has 1 aromatic rings. The van der Waals surface area contributed by atoms with Gasteiger partial charge in [-0.1, -0.05) is 12.1 Å². The Bertz CT molecular complexity index is 281. The zero-order chi connectivity index (χ0) is 8.97. The zero-order valence-corrected chi connectivity index (χ0v) is 7.21. The molecule has 0 atom stereocenters. The van der Waals surface area contributed by atoms with Crippen LogP contribution in [-0.4, -0.2) is 7.11 Å². The first kappa shape index (κ1) is 8.65. The first-order chi connectivity index (χ1) is 5.79. The third-order valence-electron chi connectivity index (χ3n) is 1.74. The lowest BCUT2D eigenvalue weighted by Crippen LogP contribution is -1.96. The smallest absolute Gasteiger partial charge is 0.124 e. The van der Waals surface area contributed by atoms with Gasteiger partial charge < -0.3 is 10.5 Å². The second kappa shape index (κ2) is 3.81. The molecule has 0 amide bonds. The number of allylic oxidation sites excluding steroid dienone is 1. The fraction of sp³-hybridized carbons (Fsp3) is 0.200. The van der Waals surface area contributed by atoms with E-state index in [1.54, 1.807) is 7.11 Å². The maximum atomic E-state index is 5.76. The molecular weight excluding hydrogens is 150 g/mol. The van der Waals surface area contributed by atoms with E-state index in [0.29, 0.717) is 0 Å². The molecular formula is C10H13NO. The van der Waals surface area contributed by atoms with Gasteiger partial charge in [0.15, 0.2) is 0 Å². The molecule has 0 aliphatic heterocycles. The number of hydrogen-bond donors (Lipinski definition) is 1. The predicted molar refractivity (Wildman–Crippen MR) is 51.3 cm³/mol. The minimum absolute atomic E-state index is 0.746.